The van der Waals surface area contributed by atoms with Crippen molar-refractivity contribution >= 4 is 17.6 Å². The van der Waals surface area contributed by atoms with E-state index >= 15 is 0 Å². The molecule has 2 N–H and O–H groups in total. The van der Waals surface area contributed by atoms with E-state index in [0.717, 1.165) is 0 Å². The van der Waals surface area contributed by atoms with Gasteiger partial charge in [0, 0.05) is 5.69 Å². The van der Waals surface area contributed by atoms with Crippen LogP contribution >= 0.6 is 0 Å². The fourth-order valence-electron chi connectivity index (χ4n) is 1.89. The van der Waals surface area contributed by atoms with Crippen LogP contribution in [0.4, 0.5) is 5.69 Å². The first-order chi connectivity index (χ1) is 10.1. The van der Waals surface area contributed by atoms with Gasteiger partial charge in [0.2, 0.25) is 5.91 Å². The van der Waals surface area contributed by atoms with Crippen molar-refractivity contribution in [2.75, 3.05) is 5.32 Å². The molecule has 0 heterocycles. The van der Waals surface area contributed by atoms with Gasteiger partial charge < -0.3 is 10.4 Å². The topological polar surface area (TPSA) is 90.2 Å². The summed E-state index contributed by atoms with van der Waals surface area (Å²) >= 11 is 0. The summed E-state index contributed by atoms with van der Waals surface area (Å²) < 4.78 is 0. The van der Waals surface area contributed by atoms with Crippen molar-refractivity contribution < 1.29 is 14.7 Å². The zero-order chi connectivity index (χ0) is 15.2. The molecule has 5 heteroatoms. The molecule has 1 amide bonds. The summed E-state index contributed by atoms with van der Waals surface area (Å²) in [5.74, 6) is -1.37. The van der Waals surface area contributed by atoms with Crippen LogP contribution in [-0.2, 0) is 11.2 Å². The number of anilines is 1. The van der Waals surface area contributed by atoms with E-state index in [1.54, 1.807) is 42.5 Å². The predicted octanol–water partition coefficient (Wildman–Crippen LogP) is 2.44. The summed E-state index contributed by atoms with van der Waals surface area (Å²) in [7, 11) is 0. The van der Waals surface area contributed by atoms with Gasteiger partial charge >= 0.3 is 5.97 Å². The van der Waals surface area contributed by atoms with E-state index in [4.69, 9.17) is 10.4 Å². The second-order valence-electron chi connectivity index (χ2n) is 4.38. The maximum atomic E-state index is 11.9. The standard InChI is InChI=1S/C16H12N2O3/c17-10-11-5-7-13(8-6-11)18-15(19)9-12-3-1-2-4-14(12)16(20)21/h1-8H,9H2,(H,18,19)(H,20,21). The number of benzene rings is 2. The molecule has 0 aliphatic heterocycles. The molecular weight excluding hydrogens is 268 g/mol. The zero-order valence-electron chi connectivity index (χ0n) is 11.0. The predicted molar refractivity (Wildman–Crippen MR) is 76.9 cm³/mol. The number of hydrogen-bond donors (Lipinski definition) is 2. The Morgan fingerprint density at radius 1 is 1.10 bits per heavy atom. The lowest BCUT2D eigenvalue weighted by Crippen LogP contribution is -2.16. The normalized spacial score (nSPS) is 9.67. The molecule has 21 heavy (non-hydrogen) atoms. The lowest BCUT2D eigenvalue weighted by Gasteiger charge is -2.07. The summed E-state index contributed by atoms with van der Waals surface area (Å²) in [6.45, 7) is 0. The molecule has 5 nitrogen and oxygen atoms in total. The Morgan fingerprint density at radius 2 is 1.76 bits per heavy atom. The van der Waals surface area contributed by atoms with E-state index in [9.17, 15) is 9.59 Å². The fraction of sp³-hybridized carbons (Fsp3) is 0.0625. The minimum atomic E-state index is -1.06. The van der Waals surface area contributed by atoms with Crippen molar-refractivity contribution in [3.05, 3.63) is 65.2 Å². The van der Waals surface area contributed by atoms with Gasteiger partial charge in [-0.1, -0.05) is 18.2 Å². The molecule has 104 valence electrons. The second-order valence-corrected chi connectivity index (χ2v) is 4.38. The first-order valence-corrected chi connectivity index (χ1v) is 6.21. The van der Waals surface area contributed by atoms with Crippen LogP contribution in [0.3, 0.4) is 0 Å². The molecule has 0 aromatic heterocycles. The van der Waals surface area contributed by atoms with Gasteiger partial charge in [-0.05, 0) is 35.9 Å². The van der Waals surface area contributed by atoms with E-state index in [1.165, 1.54) is 6.07 Å². The Labute approximate surface area is 121 Å². The highest BCUT2D eigenvalue weighted by atomic mass is 16.4. The van der Waals surface area contributed by atoms with Crippen molar-refractivity contribution in [3.63, 3.8) is 0 Å². The smallest absolute Gasteiger partial charge is 0.335 e. The minimum absolute atomic E-state index is 0.0253. The quantitative estimate of drug-likeness (QED) is 0.900. The first kappa shape index (κ1) is 14.3. The number of amides is 1. The lowest BCUT2D eigenvalue weighted by molar-refractivity contribution is -0.115. The zero-order valence-corrected chi connectivity index (χ0v) is 11.0. The Bertz CT molecular complexity index is 715. The number of hydrogen-bond acceptors (Lipinski definition) is 3. The molecule has 0 fully saturated rings. The molecule has 0 atom stereocenters. The molecule has 2 aromatic rings. The average Bonchev–Trinajstić information content (AvgIpc) is 2.48. The third-order valence-electron chi connectivity index (χ3n) is 2.90. The highest BCUT2D eigenvalue weighted by Gasteiger charge is 2.12. The number of nitrogens with one attached hydrogen (secondary N) is 1. The van der Waals surface area contributed by atoms with Crippen LogP contribution in [-0.4, -0.2) is 17.0 Å². The molecule has 0 aliphatic rings. The monoisotopic (exact) mass is 280 g/mol. The number of carboxylic acid groups (broad SMARTS) is 1. The van der Waals surface area contributed by atoms with E-state index in [2.05, 4.69) is 5.32 Å². The van der Waals surface area contributed by atoms with Gasteiger partial charge in [0.1, 0.15) is 0 Å². The fourth-order valence-corrected chi connectivity index (χ4v) is 1.89. The number of aromatic carboxylic acids is 1. The molecule has 0 saturated carbocycles. The van der Waals surface area contributed by atoms with E-state index < -0.39 is 5.97 Å². The van der Waals surface area contributed by atoms with Crippen molar-refractivity contribution in [1.29, 1.82) is 5.26 Å². The number of carbonyl (C=O) groups excluding carboxylic acids is 1. The third kappa shape index (κ3) is 3.67. The van der Waals surface area contributed by atoms with Crippen LogP contribution in [0.5, 0.6) is 0 Å². The molecule has 2 rings (SSSR count). The average molecular weight is 280 g/mol. The van der Waals surface area contributed by atoms with Crippen LogP contribution in [0.15, 0.2) is 48.5 Å². The lowest BCUT2D eigenvalue weighted by atomic mass is 10.0. The maximum absolute atomic E-state index is 11.9. The molecule has 0 saturated heterocycles. The molecule has 0 spiro atoms. The number of carboxylic acids is 1. The van der Waals surface area contributed by atoms with Gasteiger partial charge in [-0.15, -0.1) is 0 Å². The Kier molecular flexibility index (Phi) is 4.32. The van der Waals surface area contributed by atoms with Gasteiger partial charge in [-0.3, -0.25) is 4.79 Å². The van der Waals surface area contributed by atoms with E-state index in [1.807, 2.05) is 6.07 Å². The van der Waals surface area contributed by atoms with Crippen LogP contribution in [0.1, 0.15) is 21.5 Å². The van der Waals surface area contributed by atoms with Crippen LogP contribution in [0, 0.1) is 11.3 Å². The van der Waals surface area contributed by atoms with Crippen molar-refractivity contribution in [3.8, 4) is 6.07 Å². The molecule has 0 radical (unpaired) electrons. The number of nitrogens with zero attached hydrogens (tertiary/aromatic N) is 1. The Morgan fingerprint density at radius 3 is 2.38 bits per heavy atom. The van der Waals surface area contributed by atoms with Crippen molar-refractivity contribution in [2.24, 2.45) is 0 Å². The van der Waals surface area contributed by atoms with Gasteiger partial charge in [-0.25, -0.2) is 4.79 Å². The van der Waals surface area contributed by atoms with Gasteiger partial charge in [0.05, 0.1) is 23.6 Å². The number of nitriles is 1. The van der Waals surface area contributed by atoms with Crippen molar-refractivity contribution in [1.82, 2.24) is 0 Å². The Balaban J connectivity index is 2.08. The van der Waals surface area contributed by atoms with Gasteiger partial charge in [-0.2, -0.15) is 5.26 Å². The summed E-state index contributed by atoms with van der Waals surface area (Å²) in [6.07, 6.45) is -0.0253. The first-order valence-electron chi connectivity index (χ1n) is 6.21. The highest BCUT2D eigenvalue weighted by molar-refractivity contribution is 5.96. The Hall–Kier alpha value is -3.13. The summed E-state index contributed by atoms with van der Waals surface area (Å²) in [4.78, 5) is 23.0. The second kappa shape index (κ2) is 6.35. The van der Waals surface area contributed by atoms with E-state index in [0.29, 0.717) is 16.8 Å². The minimum Gasteiger partial charge on any atom is -0.478 e. The highest BCUT2D eigenvalue weighted by Crippen LogP contribution is 2.12. The van der Waals surface area contributed by atoms with Crippen LogP contribution < -0.4 is 5.32 Å². The molecule has 0 bridgehead atoms. The number of carbonyl (C=O) groups is 2. The van der Waals surface area contributed by atoms with Gasteiger partial charge in [0.25, 0.3) is 0 Å². The molecule has 0 unspecified atom stereocenters. The number of rotatable bonds is 4. The van der Waals surface area contributed by atoms with E-state index in [-0.39, 0.29) is 17.9 Å². The maximum Gasteiger partial charge on any atom is 0.335 e. The summed E-state index contributed by atoms with van der Waals surface area (Å²) in [5.41, 5.74) is 1.64. The molecule has 2 aromatic carbocycles. The third-order valence-corrected chi connectivity index (χ3v) is 2.90. The van der Waals surface area contributed by atoms with Crippen LogP contribution in [0.25, 0.3) is 0 Å². The largest absolute Gasteiger partial charge is 0.478 e. The molecule has 0 aliphatic carbocycles. The molecular formula is C16H12N2O3. The SMILES string of the molecule is N#Cc1ccc(NC(=O)Cc2ccccc2C(=O)O)cc1. The summed E-state index contributed by atoms with van der Waals surface area (Å²) in [6, 6.07) is 14.8. The van der Waals surface area contributed by atoms with Gasteiger partial charge in [0.15, 0.2) is 0 Å². The summed E-state index contributed by atoms with van der Waals surface area (Å²) in [5, 5.41) is 20.4. The van der Waals surface area contributed by atoms with Crippen LogP contribution in [0.2, 0.25) is 0 Å². The van der Waals surface area contributed by atoms with Crippen molar-refractivity contribution in [2.45, 2.75) is 6.42 Å².